The minimum absolute atomic E-state index is 0.0549. The van der Waals surface area contributed by atoms with Crippen LogP contribution >= 0.6 is 11.6 Å². The van der Waals surface area contributed by atoms with Crippen LogP contribution in [0.5, 0.6) is 0 Å². The summed E-state index contributed by atoms with van der Waals surface area (Å²) in [7, 11) is 0. The first-order chi connectivity index (χ1) is 14.6. The molecule has 0 spiro atoms. The minimum atomic E-state index is -0.0549. The summed E-state index contributed by atoms with van der Waals surface area (Å²) >= 11 is 6.21. The molecule has 0 bridgehead atoms. The topological polar surface area (TPSA) is 70.9 Å². The quantitative estimate of drug-likeness (QED) is 0.711. The van der Waals surface area contributed by atoms with E-state index in [9.17, 15) is 9.59 Å². The molecule has 2 amide bonds. The fraction of sp³-hybridized carbons (Fsp3) is 0.476. The third-order valence-corrected chi connectivity index (χ3v) is 5.92. The molecule has 0 atom stereocenters. The zero-order valence-corrected chi connectivity index (χ0v) is 17.6. The second-order valence-corrected chi connectivity index (χ2v) is 7.99. The number of rotatable bonds is 5. The average molecular weight is 432 g/mol. The first kappa shape index (κ1) is 20.8. The van der Waals surface area contributed by atoms with Gasteiger partial charge >= 0.3 is 0 Å². The molecule has 1 aromatic carbocycles. The number of hydrogen-bond acceptors (Lipinski definition) is 5. The van der Waals surface area contributed by atoms with Crippen molar-refractivity contribution in [2.75, 3.05) is 59.0 Å². The van der Waals surface area contributed by atoms with Gasteiger partial charge in [0.25, 0.3) is 5.91 Å². The highest BCUT2D eigenvalue weighted by atomic mass is 35.5. The lowest BCUT2D eigenvalue weighted by Gasteiger charge is -2.36. The zero-order chi connectivity index (χ0) is 20.9. The van der Waals surface area contributed by atoms with Gasteiger partial charge in [0.1, 0.15) is 0 Å². The standard InChI is InChI=1S/C21H26ClN5O3/c22-19-4-2-1-3-17(19)14-27-15-18(13-23-27)21(29)26-7-5-25(6-8-26)20(28)16-24-9-11-30-12-10-24/h1-4,13,15H,5-12,14,16H2. The fourth-order valence-electron chi connectivity index (χ4n) is 3.75. The van der Waals surface area contributed by atoms with Crippen LogP contribution in [0.1, 0.15) is 15.9 Å². The van der Waals surface area contributed by atoms with Crippen LogP contribution in [0.4, 0.5) is 0 Å². The van der Waals surface area contributed by atoms with Gasteiger partial charge in [0, 0.05) is 50.5 Å². The monoisotopic (exact) mass is 431 g/mol. The minimum Gasteiger partial charge on any atom is -0.379 e. The summed E-state index contributed by atoms with van der Waals surface area (Å²) in [6, 6.07) is 7.59. The molecule has 2 aromatic rings. The lowest BCUT2D eigenvalue weighted by molar-refractivity contribution is -0.134. The van der Waals surface area contributed by atoms with Crippen molar-refractivity contribution in [2.24, 2.45) is 0 Å². The van der Waals surface area contributed by atoms with Crippen molar-refractivity contribution in [2.45, 2.75) is 6.54 Å². The maximum Gasteiger partial charge on any atom is 0.257 e. The van der Waals surface area contributed by atoms with Crippen molar-refractivity contribution < 1.29 is 14.3 Å². The Labute approximate surface area is 180 Å². The summed E-state index contributed by atoms with van der Waals surface area (Å²) in [6.45, 7) is 6.06. The van der Waals surface area contributed by atoms with Gasteiger partial charge in [0.2, 0.25) is 5.91 Å². The highest BCUT2D eigenvalue weighted by Gasteiger charge is 2.26. The summed E-state index contributed by atoms with van der Waals surface area (Å²) in [5, 5.41) is 4.99. The zero-order valence-electron chi connectivity index (χ0n) is 16.9. The maximum absolute atomic E-state index is 12.8. The largest absolute Gasteiger partial charge is 0.379 e. The maximum atomic E-state index is 12.8. The first-order valence-electron chi connectivity index (χ1n) is 10.2. The predicted molar refractivity (Wildman–Crippen MR) is 113 cm³/mol. The lowest BCUT2D eigenvalue weighted by Crippen LogP contribution is -2.53. The first-order valence-corrected chi connectivity index (χ1v) is 10.6. The van der Waals surface area contributed by atoms with Crippen molar-refractivity contribution in [1.82, 2.24) is 24.5 Å². The molecule has 2 aliphatic heterocycles. The van der Waals surface area contributed by atoms with Gasteiger partial charge < -0.3 is 14.5 Å². The number of carbonyl (C=O) groups is 2. The van der Waals surface area contributed by atoms with E-state index >= 15 is 0 Å². The van der Waals surface area contributed by atoms with Crippen molar-refractivity contribution in [3.63, 3.8) is 0 Å². The third kappa shape index (κ3) is 5.00. The Kier molecular flexibility index (Phi) is 6.66. The van der Waals surface area contributed by atoms with Gasteiger partial charge in [-0.1, -0.05) is 29.8 Å². The van der Waals surface area contributed by atoms with E-state index in [4.69, 9.17) is 16.3 Å². The number of benzene rings is 1. The summed E-state index contributed by atoms with van der Waals surface area (Å²) < 4.78 is 7.04. The molecule has 160 valence electrons. The molecule has 0 radical (unpaired) electrons. The van der Waals surface area contributed by atoms with Crippen molar-refractivity contribution in [3.8, 4) is 0 Å². The Balaban J connectivity index is 1.28. The molecule has 2 aliphatic rings. The van der Waals surface area contributed by atoms with E-state index < -0.39 is 0 Å². The molecule has 0 saturated carbocycles. The number of ether oxygens (including phenoxy) is 1. The van der Waals surface area contributed by atoms with E-state index in [1.165, 1.54) is 0 Å². The molecular formula is C21H26ClN5O3. The highest BCUT2D eigenvalue weighted by Crippen LogP contribution is 2.16. The Morgan fingerprint density at radius 3 is 2.43 bits per heavy atom. The normalized spacial score (nSPS) is 17.9. The number of amides is 2. The van der Waals surface area contributed by atoms with E-state index in [1.807, 2.05) is 29.2 Å². The van der Waals surface area contributed by atoms with Gasteiger partial charge in [0.15, 0.2) is 0 Å². The number of nitrogens with zero attached hydrogens (tertiary/aromatic N) is 5. The second kappa shape index (κ2) is 9.59. The van der Waals surface area contributed by atoms with Crippen LogP contribution in [-0.4, -0.2) is 95.3 Å². The van der Waals surface area contributed by atoms with Gasteiger partial charge in [-0.05, 0) is 11.6 Å². The Morgan fingerprint density at radius 1 is 1.00 bits per heavy atom. The number of hydrogen-bond donors (Lipinski definition) is 0. The van der Waals surface area contributed by atoms with Gasteiger partial charge in [-0.25, -0.2) is 0 Å². The van der Waals surface area contributed by atoms with Crippen LogP contribution in [0, 0.1) is 0 Å². The summed E-state index contributed by atoms with van der Waals surface area (Å²) in [5.74, 6) is 0.0669. The second-order valence-electron chi connectivity index (χ2n) is 7.58. The van der Waals surface area contributed by atoms with E-state index in [0.29, 0.717) is 63.1 Å². The van der Waals surface area contributed by atoms with Crippen LogP contribution < -0.4 is 0 Å². The number of piperazine rings is 1. The van der Waals surface area contributed by atoms with Crippen molar-refractivity contribution in [3.05, 3.63) is 52.8 Å². The molecule has 8 nitrogen and oxygen atoms in total. The SMILES string of the molecule is O=C(CN1CCOCC1)N1CCN(C(=O)c2cnn(Cc3ccccc3Cl)c2)CC1. The number of morpholine rings is 1. The van der Waals surface area contributed by atoms with E-state index in [2.05, 4.69) is 10.00 Å². The lowest BCUT2D eigenvalue weighted by atomic mass is 10.2. The molecule has 1 aromatic heterocycles. The number of aromatic nitrogens is 2. The van der Waals surface area contributed by atoms with Gasteiger partial charge in [-0.3, -0.25) is 19.2 Å². The number of carbonyl (C=O) groups excluding carboxylic acids is 2. The molecule has 30 heavy (non-hydrogen) atoms. The molecule has 0 unspecified atom stereocenters. The van der Waals surface area contributed by atoms with Crippen LogP contribution in [0.3, 0.4) is 0 Å². The molecule has 0 N–H and O–H groups in total. The highest BCUT2D eigenvalue weighted by molar-refractivity contribution is 6.31. The number of halogens is 1. The summed E-state index contributed by atoms with van der Waals surface area (Å²) in [6.07, 6.45) is 3.34. The molecule has 4 rings (SSSR count). The molecule has 2 saturated heterocycles. The molecular weight excluding hydrogens is 406 g/mol. The van der Waals surface area contributed by atoms with Crippen LogP contribution in [0.2, 0.25) is 5.02 Å². The van der Waals surface area contributed by atoms with E-state index in [0.717, 1.165) is 18.7 Å². The van der Waals surface area contributed by atoms with E-state index in [1.54, 1.807) is 22.0 Å². The van der Waals surface area contributed by atoms with Crippen LogP contribution in [0.25, 0.3) is 0 Å². The van der Waals surface area contributed by atoms with Crippen LogP contribution in [0.15, 0.2) is 36.7 Å². The summed E-state index contributed by atoms with van der Waals surface area (Å²) in [5.41, 5.74) is 1.50. The van der Waals surface area contributed by atoms with E-state index in [-0.39, 0.29) is 11.8 Å². The molecule has 0 aliphatic carbocycles. The Hall–Kier alpha value is -2.42. The average Bonchev–Trinajstić information content (AvgIpc) is 3.24. The van der Waals surface area contributed by atoms with Gasteiger partial charge in [-0.15, -0.1) is 0 Å². The Bertz CT molecular complexity index is 888. The fourth-order valence-corrected chi connectivity index (χ4v) is 3.95. The predicted octanol–water partition coefficient (Wildman–Crippen LogP) is 1.20. The Morgan fingerprint density at radius 2 is 1.70 bits per heavy atom. The van der Waals surface area contributed by atoms with Crippen molar-refractivity contribution >= 4 is 23.4 Å². The van der Waals surface area contributed by atoms with Gasteiger partial charge in [-0.2, -0.15) is 5.10 Å². The smallest absolute Gasteiger partial charge is 0.257 e. The molecule has 2 fully saturated rings. The molecule has 3 heterocycles. The van der Waals surface area contributed by atoms with Crippen LogP contribution in [-0.2, 0) is 16.1 Å². The molecule has 9 heteroatoms. The third-order valence-electron chi connectivity index (χ3n) is 5.55. The summed E-state index contributed by atoms with van der Waals surface area (Å²) in [4.78, 5) is 31.1. The van der Waals surface area contributed by atoms with Gasteiger partial charge in [0.05, 0.1) is 38.1 Å². The van der Waals surface area contributed by atoms with Crippen molar-refractivity contribution in [1.29, 1.82) is 0 Å².